The monoisotopic (exact) mass is 454 g/mol. The minimum Gasteiger partial charge on any atom is -0.418 e. The summed E-state index contributed by atoms with van der Waals surface area (Å²) in [6.07, 6.45) is 14.6. The summed E-state index contributed by atoms with van der Waals surface area (Å²) in [6, 6.07) is 5.99. The highest BCUT2D eigenvalue weighted by atomic mass is 32.2. The van der Waals surface area contributed by atoms with Crippen molar-refractivity contribution >= 4 is 17.4 Å². The van der Waals surface area contributed by atoms with Crippen LogP contribution in [0, 0.1) is 6.92 Å². The van der Waals surface area contributed by atoms with Crippen LogP contribution in [0.1, 0.15) is 51.0 Å². The van der Waals surface area contributed by atoms with E-state index in [1.54, 1.807) is 12.1 Å². The predicted molar refractivity (Wildman–Crippen MR) is 110 cm³/mol. The van der Waals surface area contributed by atoms with Crippen LogP contribution in [0.3, 0.4) is 0 Å². The van der Waals surface area contributed by atoms with Crippen molar-refractivity contribution in [3.8, 4) is 0 Å². The maximum atomic E-state index is 10.5. The molecule has 0 unspecified atom stereocenters. The van der Waals surface area contributed by atoms with Gasteiger partial charge in [-0.15, -0.1) is 0 Å². The summed E-state index contributed by atoms with van der Waals surface area (Å²) in [5.41, 5.74) is 0.956. The molecule has 0 aliphatic carbocycles. The van der Waals surface area contributed by atoms with Crippen LogP contribution in [0.5, 0.6) is 0 Å². The predicted octanol–water partition coefficient (Wildman–Crippen LogP) is 5.21. The highest BCUT2D eigenvalue weighted by Gasteiger charge is 2.20. The number of hydrogen-bond acceptors (Lipinski definition) is 2. The molecule has 0 atom stereocenters. The van der Waals surface area contributed by atoms with Gasteiger partial charge in [0.15, 0.2) is 0 Å². The molecule has 1 heterocycles. The first-order valence-electron chi connectivity index (χ1n) is 9.75. The van der Waals surface area contributed by atoms with Crippen molar-refractivity contribution in [2.75, 3.05) is 0 Å². The van der Waals surface area contributed by atoms with Gasteiger partial charge in [0.05, 0.1) is 18.5 Å². The fourth-order valence-electron chi connectivity index (χ4n) is 2.42. The molecule has 30 heavy (non-hydrogen) atoms. The molecule has 0 aliphatic rings. The van der Waals surface area contributed by atoms with Crippen molar-refractivity contribution in [3.05, 3.63) is 48.5 Å². The van der Waals surface area contributed by atoms with Gasteiger partial charge in [-0.3, -0.25) is 4.55 Å². The van der Waals surface area contributed by atoms with Crippen LogP contribution in [0.4, 0.5) is 17.3 Å². The zero-order chi connectivity index (χ0) is 23.2. The molecule has 2 rings (SSSR count). The molecule has 0 spiro atoms. The molecule has 0 bridgehead atoms. The van der Waals surface area contributed by atoms with Gasteiger partial charge in [-0.1, -0.05) is 50.3 Å². The summed E-state index contributed by atoms with van der Waals surface area (Å²) < 4.78 is 72.9. The van der Waals surface area contributed by atoms with Crippen molar-refractivity contribution in [1.82, 2.24) is 4.57 Å². The van der Waals surface area contributed by atoms with Gasteiger partial charge in [0, 0.05) is 0 Å². The van der Waals surface area contributed by atoms with E-state index in [0.717, 1.165) is 5.56 Å². The van der Waals surface area contributed by atoms with E-state index >= 15 is 0 Å². The van der Waals surface area contributed by atoms with Crippen LogP contribution in [-0.2, 0) is 23.7 Å². The van der Waals surface area contributed by atoms with Crippen LogP contribution >= 0.6 is 0 Å². The normalized spacial score (nSPS) is 11.2. The number of rotatable bonds is 8. The van der Waals surface area contributed by atoms with Crippen LogP contribution in [0.25, 0.3) is 0 Å². The number of unbranched alkanes of at least 4 members (excludes halogenated alkanes) is 5. The standard InChI is InChI=1S/C12H23N2.C7H8O3S.BF4/c1-3-4-5-6-7-8-9-14-11-10-13(2)12-14;1-6-2-4-7(5-3-6)11(8,9)10;2-1(3,4)5/h10-12H,3-9H2,1-2H3;2-5H,1H3,(H,8,9,10);/q+1;;-1. The van der Waals surface area contributed by atoms with Crippen molar-refractivity contribution in [2.45, 2.75) is 63.8 Å². The van der Waals surface area contributed by atoms with Gasteiger partial charge in [0.2, 0.25) is 6.33 Å². The number of aryl methyl sites for hydroxylation is 3. The first-order chi connectivity index (χ1) is 13.8. The van der Waals surface area contributed by atoms with Gasteiger partial charge in [0.1, 0.15) is 12.4 Å². The molecular weight excluding hydrogens is 423 g/mol. The number of imidazole rings is 1. The Kier molecular flexibility index (Phi) is 13.3. The van der Waals surface area contributed by atoms with Gasteiger partial charge in [-0.05, 0) is 31.9 Å². The maximum Gasteiger partial charge on any atom is 0.673 e. The molecule has 2 aromatic rings. The summed E-state index contributed by atoms with van der Waals surface area (Å²) in [5, 5.41) is 0. The van der Waals surface area contributed by atoms with Crippen LogP contribution < -0.4 is 4.57 Å². The summed E-state index contributed by atoms with van der Waals surface area (Å²) in [6.45, 7) is 5.28. The Morgan fingerprint density at radius 2 is 1.50 bits per heavy atom. The van der Waals surface area contributed by atoms with E-state index < -0.39 is 17.4 Å². The van der Waals surface area contributed by atoms with Gasteiger partial charge in [-0.2, -0.15) is 8.42 Å². The minimum absolute atomic E-state index is 0.0666. The zero-order valence-electron chi connectivity index (χ0n) is 17.6. The molecule has 0 saturated carbocycles. The van der Waals surface area contributed by atoms with Gasteiger partial charge >= 0.3 is 7.25 Å². The van der Waals surface area contributed by atoms with Crippen LogP contribution in [-0.4, -0.2) is 24.8 Å². The van der Waals surface area contributed by atoms with Crippen molar-refractivity contribution < 1.29 is 34.8 Å². The second-order valence-electron chi connectivity index (χ2n) is 6.87. The second kappa shape index (κ2) is 14.2. The SMILES string of the molecule is CCCCCCCC[n+]1ccn(C)c1.Cc1ccc(S(=O)(=O)O)cc1.F[B-](F)(F)F. The molecule has 5 nitrogen and oxygen atoms in total. The fourth-order valence-corrected chi connectivity index (χ4v) is 2.90. The molecule has 0 amide bonds. The molecule has 11 heteroatoms. The molecule has 1 N–H and O–H groups in total. The van der Waals surface area contributed by atoms with E-state index in [1.807, 2.05) is 6.92 Å². The van der Waals surface area contributed by atoms with Gasteiger partial charge in [0.25, 0.3) is 10.1 Å². The largest absolute Gasteiger partial charge is 0.673 e. The Balaban J connectivity index is 0.000000468. The maximum absolute atomic E-state index is 10.5. The highest BCUT2D eigenvalue weighted by Crippen LogP contribution is 2.08. The minimum atomic E-state index is -6.00. The van der Waals surface area contributed by atoms with Crippen LogP contribution in [0.15, 0.2) is 47.9 Å². The highest BCUT2D eigenvalue weighted by molar-refractivity contribution is 7.85. The number of aromatic nitrogens is 2. The van der Waals surface area contributed by atoms with Gasteiger partial charge < -0.3 is 17.3 Å². The molecular formula is C19H31BF4N2O3S. The summed E-state index contributed by atoms with van der Waals surface area (Å²) >= 11 is 0. The fraction of sp³-hybridized carbons (Fsp3) is 0.526. The quantitative estimate of drug-likeness (QED) is 0.196. The first kappa shape index (κ1) is 28.1. The molecule has 0 aliphatic heterocycles. The van der Waals surface area contributed by atoms with E-state index in [4.69, 9.17) is 4.55 Å². The third kappa shape index (κ3) is 17.0. The molecule has 172 valence electrons. The van der Waals surface area contributed by atoms with Crippen molar-refractivity contribution in [1.29, 1.82) is 0 Å². The van der Waals surface area contributed by atoms with Crippen molar-refractivity contribution in [2.24, 2.45) is 7.05 Å². The Hall–Kier alpha value is -1.88. The lowest BCUT2D eigenvalue weighted by Crippen LogP contribution is -2.30. The average molecular weight is 454 g/mol. The lowest BCUT2D eigenvalue weighted by molar-refractivity contribution is -0.696. The Morgan fingerprint density at radius 3 is 1.93 bits per heavy atom. The van der Waals surface area contributed by atoms with Gasteiger partial charge in [-0.25, -0.2) is 9.13 Å². The lowest BCUT2D eigenvalue weighted by atomic mass is 10.1. The second-order valence-corrected chi connectivity index (χ2v) is 8.29. The number of halogens is 4. The number of nitrogens with zero attached hydrogens (tertiary/aromatic N) is 2. The zero-order valence-corrected chi connectivity index (χ0v) is 18.5. The van der Waals surface area contributed by atoms with E-state index in [2.05, 4.69) is 41.8 Å². The average Bonchev–Trinajstić information content (AvgIpc) is 3.02. The van der Waals surface area contributed by atoms with Crippen LogP contribution in [0.2, 0.25) is 0 Å². The Labute approximate surface area is 176 Å². The smallest absolute Gasteiger partial charge is 0.418 e. The summed E-state index contributed by atoms with van der Waals surface area (Å²) in [5.74, 6) is 0. The summed E-state index contributed by atoms with van der Waals surface area (Å²) in [7, 11) is -7.95. The molecule has 0 saturated heterocycles. The lowest BCUT2D eigenvalue weighted by Gasteiger charge is -1.98. The third-order valence-electron chi connectivity index (χ3n) is 3.91. The first-order valence-corrected chi connectivity index (χ1v) is 11.2. The molecule has 1 aromatic carbocycles. The Bertz CT molecular complexity index is 804. The van der Waals surface area contributed by atoms with E-state index in [9.17, 15) is 25.7 Å². The van der Waals surface area contributed by atoms with Crippen molar-refractivity contribution in [3.63, 3.8) is 0 Å². The van der Waals surface area contributed by atoms with E-state index in [-0.39, 0.29) is 4.90 Å². The third-order valence-corrected chi connectivity index (χ3v) is 4.78. The number of benzene rings is 1. The van der Waals surface area contributed by atoms with E-state index in [0.29, 0.717) is 0 Å². The van der Waals surface area contributed by atoms with E-state index in [1.165, 1.54) is 57.2 Å². The molecule has 1 aromatic heterocycles. The molecule has 0 fully saturated rings. The molecule has 0 radical (unpaired) electrons. The summed E-state index contributed by atoms with van der Waals surface area (Å²) in [4.78, 5) is -0.0666. The topological polar surface area (TPSA) is 63.2 Å². The Morgan fingerprint density at radius 1 is 1.00 bits per heavy atom. The number of hydrogen-bond donors (Lipinski definition) is 1.